The van der Waals surface area contributed by atoms with Crippen LogP contribution >= 0.6 is 11.3 Å². The molecule has 1 unspecified atom stereocenters. The summed E-state index contributed by atoms with van der Waals surface area (Å²) in [6.07, 6.45) is 2.95. The molecule has 1 aliphatic heterocycles. The number of hydrogen-bond donors (Lipinski definition) is 0. The highest BCUT2D eigenvalue weighted by Gasteiger charge is 2.47. The zero-order valence-corrected chi connectivity index (χ0v) is 16.3. The third-order valence-electron chi connectivity index (χ3n) is 5.08. The summed E-state index contributed by atoms with van der Waals surface area (Å²) in [5.41, 5.74) is 1.27. The normalized spacial score (nSPS) is 18.8. The molecule has 1 atom stereocenters. The third-order valence-corrected chi connectivity index (χ3v) is 5.99. The van der Waals surface area contributed by atoms with Gasteiger partial charge in [-0.25, -0.2) is 23.1 Å². The van der Waals surface area contributed by atoms with E-state index in [4.69, 9.17) is 4.74 Å². The Balaban J connectivity index is 1.40. The number of halogens is 3. The average Bonchev–Trinajstić information content (AvgIpc) is 3.34. The van der Waals surface area contributed by atoms with Crippen molar-refractivity contribution in [2.24, 2.45) is 0 Å². The number of piperidine rings is 1. The standard InChI is InChI=1S/C20H15F3N4O2S/c21-12-3-4-14-15(10-12)30-19(25-14)29-16-11-27(8-5-20(16,22)23)18(28)13-2-1-7-26-9-6-24-17(13)26/h1-4,6-7,9-10,16H,5,8,11H2. The van der Waals surface area contributed by atoms with Crippen LogP contribution in [0.3, 0.4) is 0 Å². The van der Waals surface area contributed by atoms with E-state index in [0.29, 0.717) is 21.4 Å². The van der Waals surface area contributed by atoms with Crippen LogP contribution in [-0.4, -0.2) is 50.3 Å². The molecular formula is C20H15F3N4O2S. The van der Waals surface area contributed by atoms with Gasteiger partial charge < -0.3 is 14.0 Å². The fourth-order valence-electron chi connectivity index (χ4n) is 3.51. The van der Waals surface area contributed by atoms with E-state index in [1.165, 1.54) is 23.1 Å². The van der Waals surface area contributed by atoms with Gasteiger partial charge in [-0.2, -0.15) is 0 Å². The van der Waals surface area contributed by atoms with Crippen molar-refractivity contribution in [1.82, 2.24) is 19.3 Å². The van der Waals surface area contributed by atoms with Gasteiger partial charge in [-0.1, -0.05) is 11.3 Å². The summed E-state index contributed by atoms with van der Waals surface area (Å²) in [7, 11) is 0. The number of benzene rings is 1. The van der Waals surface area contributed by atoms with Crippen LogP contribution in [0.1, 0.15) is 16.8 Å². The molecule has 0 radical (unpaired) electrons. The first-order chi connectivity index (χ1) is 14.4. The maximum absolute atomic E-state index is 14.6. The molecule has 1 aromatic carbocycles. The van der Waals surface area contributed by atoms with Crippen molar-refractivity contribution in [3.05, 3.63) is 60.3 Å². The highest BCUT2D eigenvalue weighted by molar-refractivity contribution is 7.20. The first-order valence-corrected chi connectivity index (χ1v) is 10.0. The van der Waals surface area contributed by atoms with E-state index < -0.39 is 24.3 Å². The van der Waals surface area contributed by atoms with Crippen LogP contribution in [0.5, 0.6) is 5.19 Å². The Morgan fingerprint density at radius 1 is 1.27 bits per heavy atom. The quantitative estimate of drug-likeness (QED) is 0.491. The Bertz CT molecular complexity index is 1260. The zero-order chi connectivity index (χ0) is 20.9. The highest BCUT2D eigenvalue weighted by Crippen LogP contribution is 2.35. The predicted octanol–water partition coefficient (Wildman–Crippen LogP) is 4.01. The number of pyridine rings is 1. The molecule has 1 saturated heterocycles. The van der Waals surface area contributed by atoms with Crippen LogP contribution in [-0.2, 0) is 0 Å². The number of carbonyl (C=O) groups excluding carboxylic acids is 1. The molecule has 10 heteroatoms. The molecular weight excluding hydrogens is 417 g/mol. The molecule has 1 amide bonds. The molecule has 0 aliphatic carbocycles. The smallest absolute Gasteiger partial charge is 0.287 e. The molecule has 4 aromatic rings. The lowest BCUT2D eigenvalue weighted by atomic mass is 10.0. The minimum Gasteiger partial charge on any atom is -0.458 e. The van der Waals surface area contributed by atoms with Gasteiger partial charge >= 0.3 is 0 Å². The number of amides is 1. The van der Waals surface area contributed by atoms with Crippen molar-refractivity contribution >= 4 is 33.1 Å². The summed E-state index contributed by atoms with van der Waals surface area (Å²) in [5.74, 6) is -3.95. The van der Waals surface area contributed by atoms with Crippen LogP contribution in [0.2, 0.25) is 0 Å². The van der Waals surface area contributed by atoms with E-state index in [-0.39, 0.29) is 24.2 Å². The number of carbonyl (C=O) groups is 1. The van der Waals surface area contributed by atoms with Crippen molar-refractivity contribution in [2.45, 2.75) is 18.4 Å². The first kappa shape index (κ1) is 18.9. The average molecular weight is 432 g/mol. The van der Waals surface area contributed by atoms with Crippen LogP contribution in [0.25, 0.3) is 15.9 Å². The Morgan fingerprint density at radius 3 is 3.00 bits per heavy atom. The van der Waals surface area contributed by atoms with Crippen molar-refractivity contribution in [3.8, 4) is 5.19 Å². The molecule has 6 nitrogen and oxygen atoms in total. The molecule has 1 aliphatic rings. The van der Waals surface area contributed by atoms with Crippen molar-refractivity contribution in [1.29, 1.82) is 0 Å². The maximum atomic E-state index is 14.6. The Morgan fingerprint density at radius 2 is 2.13 bits per heavy atom. The summed E-state index contributed by atoms with van der Waals surface area (Å²) < 4.78 is 50.2. The van der Waals surface area contributed by atoms with E-state index in [9.17, 15) is 18.0 Å². The molecule has 4 heterocycles. The van der Waals surface area contributed by atoms with Gasteiger partial charge in [-0.3, -0.25) is 4.79 Å². The SMILES string of the molecule is O=C(c1cccn2ccnc12)N1CCC(F)(F)C(Oc2nc3ccc(F)cc3s2)C1. The Labute approximate surface area is 172 Å². The summed E-state index contributed by atoms with van der Waals surface area (Å²) in [4.78, 5) is 22.7. The summed E-state index contributed by atoms with van der Waals surface area (Å²) >= 11 is 0.991. The molecule has 0 N–H and O–H groups in total. The lowest BCUT2D eigenvalue weighted by Gasteiger charge is -2.37. The number of fused-ring (bicyclic) bond motifs is 2. The highest BCUT2D eigenvalue weighted by atomic mass is 32.1. The number of imidazole rings is 1. The van der Waals surface area contributed by atoms with Gasteiger partial charge in [0.1, 0.15) is 11.5 Å². The summed E-state index contributed by atoms with van der Waals surface area (Å²) in [5, 5.41) is 0.0185. The first-order valence-electron chi connectivity index (χ1n) is 9.22. The van der Waals surface area contributed by atoms with Gasteiger partial charge in [0.2, 0.25) is 0 Å². The van der Waals surface area contributed by atoms with E-state index in [1.807, 2.05) is 0 Å². The minimum absolute atomic E-state index is 0.0185. The van der Waals surface area contributed by atoms with E-state index in [2.05, 4.69) is 9.97 Å². The summed E-state index contributed by atoms with van der Waals surface area (Å²) in [6.45, 7) is -0.392. The molecule has 0 bridgehead atoms. The number of aromatic nitrogens is 3. The number of hydrogen-bond acceptors (Lipinski definition) is 5. The number of ether oxygens (including phenoxy) is 1. The number of thiazole rings is 1. The number of alkyl halides is 2. The Kier molecular flexibility index (Phi) is 4.39. The van der Waals surface area contributed by atoms with Gasteiger partial charge in [-0.05, 0) is 30.3 Å². The number of nitrogens with zero attached hydrogens (tertiary/aromatic N) is 4. The number of likely N-dealkylation sites (tertiary alicyclic amines) is 1. The topological polar surface area (TPSA) is 59.7 Å². The molecule has 1 fully saturated rings. The lowest BCUT2D eigenvalue weighted by Crippen LogP contribution is -2.55. The molecule has 0 saturated carbocycles. The van der Waals surface area contributed by atoms with Crippen LogP contribution < -0.4 is 4.74 Å². The van der Waals surface area contributed by atoms with Gasteiger partial charge in [0.25, 0.3) is 17.0 Å². The summed E-state index contributed by atoms with van der Waals surface area (Å²) in [6, 6.07) is 7.32. The van der Waals surface area contributed by atoms with E-state index in [1.54, 1.807) is 35.1 Å². The minimum atomic E-state index is -3.13. The van der Waals surface area contributed by atoms with Crippen molar-refractivity contribution in [3.63, 3.8) is 0 Å². The van der Waals surface area contributed by atoms with E-state index in [0.717, 1.165) is 11.3 Å². The second-order valence-corrected chi connectivity index (χ2v) is 8.03. The Hall–Kier alpha value is -3.14. The van der Waals surface area contributed by atoms with Crippen molar-refractivity contribution < 1.29 is 22.7 Å². The second kappa shape index (κ2) is 6.98. The monoisotopic (exact) mass is 432 g/mol. The molecule has 5 rings (SSSR count). The molecule has 3 aromatic heterocycles. The van der Waals surface area contributed by atoms with Gasteiger partial charge in [-0.15, -0.1) is 0 Å². The fourth-order valence-corrected chi connectivity index (χ4v) is 4.40. The molecule has 0 spiro atoms. The lowest BCUT2D eigenvalue weighted by molar-refractivity contribution is -0.130. The predicted molar refractivity (Wildman–Crippen MR) is 105 cm³/mol. The van der Waals surface area contributed by atoms with Gasteiger partial charge in [0.05, 0.1) is 22.3 Å². The number of rotatable bonds is 3. The van der Waals surface area contributed by atoms with E-state index >= 15 is 0 Å². The van der Waals surface area contributed by atoms with Crippen molar-refractivity contribution in [2.75, 3.05) is 13.1 Å². The molecule has 30 heavy (non-hydrogen) atoms. The maximum Gasteiger partial charge on any atom is 0.287 e. The van der Waals surface area contributed by atoms with Crippen LogP contribution in [0.4, 0.5) is 13.2 Å². The van der Waals surface area contributed by atoms with Crippen LogP contribution in [0, 0.1) is 5.82 Å². The fraction of sp³-hybridized carbons (Fsp3) is 0.250. The third kappa shape index (κ3) is 3.26. The largest absolute Gasteiger partial charge is 0.458 e. The van der Waals surface area contributed by atoms with Gasteiger partial charge in [0, 0.05) is 31.6 Å². The van der Waals surface area contributed by atoms with Gasteiger partial charge in [0.15, 0.2) is 6.10 Å². The molecule has 154 valence electrons. The second-order valence-electron chi connectivity index (χ2n) is 7.04. The zero-order valence-electron chi connectivity index (χ0n) is 15.5. The van der Waals surface area contributed by atoms with Crippen LogP contribution in [0.15, 0.2) is 48.9 Å².